The van der Waals surface area contributed by atoms with Gasteiger partial charge in [0.15, 0.2) is 10.6 Å². The van der Waals surface area contributed by atoms with Gasteiger partial charge in [-0.3, -0.25) is 9.67 Å². The Labute approximate surface area is 113 Å². The van der Waals surface area contributed by atoms with Gasteiger partial charge in [0.1, 0.15) is 0 Å². The lowest BCUT2D eigenvalue weighted by Crippen LogP contribution is -2.06. The maximum Gasteiger partial charge on any atom is 0.416 e. The first-order valence-electron chi connectivity index (χ1n) is 5.65. The molecule has 0 saturated heterocycles. The van der Waals surface area contributed by atoms with Crippen LogP contribution in [0, 0.1) is 4.77 Å². The molecule has 0 spiro atoms. The van der Waals surface area contributed by atoms with E-state index in [1.54, 1.807) is 10.6 Å². The molecule has 0 saturated carbocycles. The van der Waals surface area contributed by atoms with Gasteiger partial charge in [-0.2, -0.15) is 18.3 Å². The van der Waals surface area contributed by atoms with E-state index >= 15 is 0 Å². The molecular formula is C12H12F3N3S. The van der Waals surface area contributed by atoms with Crippen LogP contribution in [0.4, 0.5) is 13.2 Å². The normalized spacial score (nSPS) is 12.1. The fourth-order valence-corrected chi connectivity index (χ4v) is 2.16. The Hall–Kier alpha value is -1.63. The van der Waals surface area contributed by atoms with Crippen molar-refractivity contribution in [2.75, 3.05) is 0 Å². The fourth-order valence-electron chi connectivity index (χ4n) is 1.82. The van der Waals surface area contributed by atoms with E-state index in [1.807, 2.05) is 13.8 Å². The van der Waals surface area contributed by atoms with Crippen molar-refractivity contribution in [2.24, 2.45) is 0 Å². The lowest BCUT2D eigenvalue weighted by atomic mass is 10.1. The number of H-pyrrole nitrogens is 1. The van der Waals surface area contributed by atoms with Gasteiger partial charge in [0, 0.05) is 11.6 Å². The fraction of sp³-hybridized carbons (Fsp3) is 0.333. The van der Waals surface area contributed by atoms with Crippen molar-refractivity contribution in [1.29, 1.82) is 0 Å². The second-order valence-electron chi connectivity index (χ2n) is 4.39. The average Bonchev–Trinajstić information content (AvgIpc) is 2.70. The monoisotopic (exact) mass is 287 g/mol. The number of aromatic nitrogens is 3. The van der Waals surface area contributed by atoms with E-state index in [-0.39, 0.29) is 6.04 Å². The zero-order chi connectivity index (χ0) is 14.2. The second-order valence-corrected chi connectivity index (χ2v) is 4.78. The van der Waals surface area contributed by atoms with Crippen molar-refractivity contribution in [3.8, 4) is 11.4 Å². The van der Waals surface area contributed by atoms with Gasteiger partial charge in [-0.1, -0.05) is 12.1 Å². The molecule has 0 aliphatic carbocycles. The van der Waals surface area contributed by atoms with Crippen molar-refractivity contribution in [3.05, 3.63) is 34.6 Å². The van der Waals surface area contributed by atoms with E-state index in [0.717, 1.165) is 12.1 Å². The quantitative estimate of drug-likeness (QED) is 0.839. The summed E-state index contributed by atoms with van der Waals surface area (Å²) in [5.41, 5.74) is -0.315. The molecule has 19 heavy (non-hydrogen) atoms. The van der Waals surface area contributed by atoms with E-state index in [2.05, 4.69) is 10.2 Å². The molecule has 1 aromatic heterocycles. The summed E-state index contributed by atoms with van der Waals surface area (Å²) in [6, 6.07) is 5.06. The summed E-state index contributed by atoms with van der Waals surface area (Å²) in [6.45, 7) is 3.78. The molecule has 0 aliphatic rings. The third-order valence-corrected chi connectivity index (χ3v) is 2.96. The molecule has 2 rings (SSSR count). The molecule has 2 aromatic rings. The summed E-state index contributed by atoms with van der Waals surface area (Å²) in [7, 11) is 0. The molecule has 0 aliphatic heterocycles. The van der Waals surface area contributed by atoms with E-state index in [1.165, 1.54) is 6.07 Å². The van der Waals surface area contributed by atoms with E-state index < -0.39 is 11.7 Å². The van der Waals surface area contributed by atoms with Crippen LogP contribution in [-0.4, -0.2) is 14.8 Å². The number of hydrogen-bond acceptors (Lipinski definition) is 2. The number of aromatic amines is 1. The Morgan fingerprint density at radius 2 is 2.00 bits per heavy atom. The number of alkyl halides is 3. The molecule has 102 valence electrons. The van der Waals surface area contributed by atoms with Crippen molar-refractivity contribution < 1.29 is 13.2 Å². The molecule has 0 unspecified atom stereocenters. The molecule has 0 atom stereocenters. The largest absolute Gasteiger partial charge is 0.416 e. The molecule has 1 heterocycles. The van der Waals surface area contributed by atoms with Crippen molar-refractivity contribution in [2.45, 2.75) is 26.1 Å². The Bertz CT molecular complexity index is 640. The van der Waals surface area contributed by atoms with Crippen molar-refractivity contribution in [3.63, 3.8) is 0 Å². The van der Waals surface area contributed by atoms with Crippen LogP contribution in [0.15, 0.2) is 24.3 Å². The first-order chi connectivity index (χ1) is 8.80. The highest BCUT2D eigenvalue weighted by Crippen LogP contribution is 2.32. The van der Waals surface area contributed by atoms with Gasteiger partial charge in [-0.25, -0.2) is 0 Å². The molecular weight excluding hydrogens is 275 g/mol. The van der Waals surface area contributed by atoms with Crippen LogP contribution >= 0.6 is 12.2 Å². The standard InChI is InChI=1S/C12H12F3N3S/c1-7(2)18-10(16-17-11(18)19)8-4-3-5-9(6-8)12(13,14)15/h3-7H,1-2H3,(H,17,19). The van der Waals surface area contributed by atoms with Crippen LogP contribution in [0.3, 0.4) is 0 Å². The van der Waals surface area contributed by atoms with Crippen LogP contribution in [0.1, 0.15) is 25.5 Å². The number of rotatable bonds is 2. The minimum Gasteiger partial charge on any atom is -0.298 e. The minimum atomic E-state index is -4.37. The Morgan fingerprint density at radius 3 is 2.58 bits per heavy atom. The number of nitrogens with zero attached hydrogens (tertiary/aromatic N) is 2. The first-order valence-corrected chi connectivity index (χ1v) is 6.06. The van der Waals surface area contributed by atoms with Gasteiger partial charge < -0.3 is 0 Å². The molecule has 7 heteroatoms. The van der Waals surface area contributed by atoms with Gasteiger partial charge in [0.2, 0.25) is 0 Å². The maximum absolute atomic E-state index is 12.7. The smallest absolute Gasteiger partial charge is 0.298 e. The third-order valence-electron chi connectivity index (χ3n) is 2.67. The number of benzene rings is 1. The predicted molar refractivity (Wildman–Crippen MR) is 68.2 cm³/mol. The Kier molecular flexibility index (Phi) is 3.49. The van der Waals surface area contributed by atoms with Crippen molar-refractivity contribution >= 4 is 12.2 Å². The third kappa shape index (κ3) is 2.70. The minimum absolute atomic E-state index is 0.00999. The van der Waals surface area contributed by atoms with Gasteiger partial charge in [-0.15, -0.1) is 0 Å². The van der Waals surface area contributed by atoms with Crippen LogP contribution in [0.2, 0.25) is 0 Å². The van der Waals surface area contributed by atoms with Gasteiger partial charge in [0.05, 0.1) is 5.56 Å². The Morgan fingerprint density at radius 1 is 1.32 bits per heavy atom. The maximum atomic E-state index is 12.7. The lowest BCUT2D eigenvalue weighted by Gasteiger charge is -2.12. The van der Waals surface area contributed by atoms with Crippen LogP contribution in [0.25, 0.3) is 11.4 Å². The van der Waals surface area contributed by atoms with Crippen molar-refractivity contribution in [1.82, 2.24) is 14.8 Å². The SMILES string of the molecule is CC(C)n1c(-c2cccc(C(F)(F)F)c2)n[nH]c1=S. The summed E-state index contributed by atoms with van der Waals surface area (Å²) >= 11 is 5.08. The topological polar surface area (TPSA) is 33.6 Å². The van der Waals surface area contributed by atoms with E-state index in [4.69, 9.17) is 12.2 Å². The number of nitrogens with one attached hydrogen (secondary N) is 1. The predicted octanol–water partition coefficient (Wildman–Crippen LogP) is 4.21. The van der Waals surface area contributed by atoms with Crippen LogP contribution in [0.5, 0.6) is 0 Å². The highest BCUT2D eigenvalue weighted by atomic mass is 32.1. The zero-order valence-electron chi connectivity index (χ0n) is 10.3. The highest BCUT2D eigenvalue weighted by molar-refractivity contribution is 7.71. The first kappa shape index (κ1) is 13.8. The average molecular weight is 287 g/mol. The summed E-state index contributed by atoms with van der Waals surface area (Å²) in [5.74, 6) is 0.408. The number of hydrogen-bond donors (Lipinski definition) is 1. The summed E-state index contributed by atoms with van der Waals surface area (Å²) < 4.78 is 40.2. The van der Waals surface area contributed by atoms with Crippen LogP contribution in [-0.2, 0) is 6.18 Å². The van der Waals surface area contributed by atoms with Gasteiger partial charge >= 0.3 is 6.18 Å². The molecule has 0 fully saturated rings. The molecule has 0 radical (unpaired) electrons. The van der Waals surface area contributed by atoms with Gasteiger partial charge in [-0.05, 0) is 38.2 Å². The Balaban J connectivity index is 2.58. The lowest BCUT2D eigenvalue weighted by molar-refractivity contribution is -0.137. The van der Waals surface area contributed by atoms with Gasteiger partial charge in [0.25, 0.3) is 0 Å². The second kappa shape index (κ2) is 4.80. The molecule has 3 nitrogen and oxygen atoms in total. The molecule has 0 amide bonds. The molecule has 0 bridgehead atoms. The van der Waals surface area contributed by atoms with E-state index in [9.17, 15) is 13.2 Å². The molecule has 1 aromatic carbocycles. The number of halogens is 3. The summed E-state index contributed by atoms with van der Waals surface area (Å²) in [5, 5.41) is 6.62. The molecule has 1 N–H and O–H groups in total. The highest BCUT2D eigenvalue weighted by Gasteiger charge is 2.30. The van der Waals surface area contributed by atoms with Crippen LogP contribution < -0.4 is 0 Å². The summed E-state index contributed by atoms with van der Waals surface area (Å²) in [4.78, 5) is 0. The summed E-state index contributed by atoms with van der Waals surface area (Å²) in [6.07, 6.45) is -4.37. The van der Waals surface area contributed by atoms with E-state index in [0.29, 0.717) is 16.2 Å². The zero-order valence-corrected chi connectivity index (χ0v) is 11.1.